The van der Waals surface area contributed by atoms with Crippen molar-refractivity contribution < 1.29 is 9.53 Å². The van der Waals surface area contributed by atoms with Crippen LogP contribution in [-0.2, 0) is 0 Å². The summed E-state index contributed by atoms with van der Waals surface area (Å²) in [6.07, 6.45) is 3.06. The Morgan fingerprint density at radius 2 is 1.72 bits per heavy atom. The van der Waals surface area contributed by atoms with Gasteiger partial charge in [0.05, 0.1) is 6.17 Å². The minimum Gasteiger partial charge on any atom is -0.490 e. The first-order chi connectivity index (χ1) is 15.7. The van der Waals surface area contributed by atoms with Crippen molar-refractivity contribution in [3.8, 4) is 5.75 Å². The van der Waals surface area contributed by atoms with Crippen LogP contribution in [0, 0.1) is 5.92 Å². The van der Waals surface area contributed by atoms with Crippen molar-refractivity contribution in [3.63, 3.8) is 0 Å². The summed E-state index contributed by atoms with van der Waals surface area (Å²) >= 11 is 0. The van der Waals surface area contributed by atoms with Crippen LogP contribution in [0.3, 0.4) is 0 Å². The van der Waals surface area contributed by atoms with Crippen LogP contribution in [0.15, 0.2) is 54.6 Å². The molecule has 4 atom stereocenters. The van der Waals surface area contributed by atoms with Crippen molar-refractivity contribution in [1.82, 2.24) is 21.1 Å². The molecule has 170 valence electrons. The molecule has 2 heterocycles. The molecule has 1 amide bonds. The Morgan fingerprint density at radius 3 is 2.47 bits per heavy atom. The van der Waals surface area contributed by atoms with E-state index in [1.165, 1.54) is 5.69 Å². The summed E-state index contributed by atoms with van der Waals surface area (Å²) < 4.78 is 6.15. The van der Waals surface area contributed by atoms with Crippen LogP contribution >= 0.6 is 0 Å². The first kappa shape index (κ1) is 21.2. The molecular weight excluding hydrogens is 402 g/mol. The molecule has 2 aromatic carbocycles. The van der Waals surface area contributed by atoms with E-state index >= 15 is 0 Å². The van der Waals surface area contributed by atoms with Gasteiger partial charge in [0.15, 0.2) is 0 Å². The normalized spacial score (nSPS) is 28.2. The highest BCUT2D eigenvalue weighted by atomic mass is 16.5. The van der Waals surface area contributed by atoms with Crippen LogP contribution in [0.2, 0.25) is 0 Å². The first-order valence-electron chi connectivity index (χ1n) is 11.7. The zero-order valence-corrected chi connectivity index (χ0v) is 18.7. The number of carbonyl (C=O) groups excluding carboxylic acids is 1. The molecule has 1 saturated carbocycles. The fourth-order valence-electron chi connectivity index (χ4n) is 5.08. The number of carbonyl (C=O) groups is 1. The van der Waals surface area contributed by atoms with Crippen LogP contribution in [0.4, 0.5) is 5.69 Å². The molecule has 7 heteroatoms. The fraction of sp³-hybridized carbons (Fsp3) is 0.480. The van der Waals surface area contributed by atoms with Crippen LogP contribution in [0.1, 0.15) is 29.6 Å². The molecule has 1 aliphatic carbocycles. The molecule has 4 unspecified atom stereocenters. The van der Waals surface area contributed by atoms with E-state index in [0.29, 0.717) is 17.5 Å². The Hall–Kier alpha value is -2.61. The van der Waals surface area contributed by atoms with E-state index in [-0.39, 0.29) is 18.2 Å². The van der Waals surface area contributed by atoms with Gasteiger partial charge >= 0.3 is 0 Å². The standard InChI is InChI=1S/C25H33N5O2/c1-29-13-15-30(16-14-29)19-9-7-18(8-10-19)25(31)26-24-22-12-11-21(17-23(22)27-28-24)32-20-5-3-2-4-6-20/h2-10,21-24,27-28H,11-17H2,1H3,(H,26,31). The highest BCUT2D eigenvalue weighted by molar-refractivity contribution is 5.94. The summed E-state index contributed by atoms with van der Waals surface area (Å²) in [5.74, 6) is 1.25. The number of likely N-dealkylation sites (N-methyl/N-ethyl adjacent to an activating group) is 1. The summed E-state index contributed by atoms with van der Waals surface area (Å²) in [6, 6.07) is 18.3. The maximum atomic E-state index is 12.9. The number of amides is 1. The quantitative estimate of drug-likeness (QED) is 0.669. The Kier molecular flexibility index (Phi) is 6.30. The number of nitrogens with zero attached hydrogens (tertiary/aromatic N) is 2. The second kappa shape index (κ2) is 9.48. The van der Waals surface area contributed by atoms with Gasteiger partial charge in [-0.1, -0.05) is 18.2 Å². The summed E-state index contributed by atoms with van der Waals surface area (Å²) in [4.78, 5) is 17.6. The zero-order chi connectivity index (χ0) is 21.9. The van der Waals surface area contributed by atoms with Gasteiger partial charge < -0.3 is 19.9 Å². The third-order valence-electron chi connectivity index (χ3n) is 7.04. The van der Waals surface area contributed by atoms with E-state index in [1.54, 1.807) is 0 Å². The summed E-state index contributed by atoms with van der Waals surface area (Å²) in [6.45, 7) is 4.19. The first-order valence-corrected chi connectivity index (χ1v) is 11.7. The Labute approximate surface area is 190 Å². The number of fused-ring (bicyclic) bond motifs is 1. The molecule has 0 spiro atoms. The number of hydrogen-bond donors (Lipinski definition) is 3. The van der Waals surface area contributed by atoms with Gasteiger partial charge in [0.1, 0.15) is 11.9 Å². The average molecular weight is 436 g/mol. The molecule has 2 aromatic rings. The van der Waals surface area contributed by atoms with E-state index in [4.69, 9.17) is 4.74 Å². The zero-order valence-electron chi connectivity index (χ0n) is 18.7. The van der Waals surface area contributed by atoms with Gasteiger partial charge in [-0.2, -0.15) is 0 Å². The second-order valence-corrected chi connectivity index (χ2v) is 9.21. The van der Waals surface area contributed by atoms with Gasteiger partial charge in [-0.25, -0.2) is 5.43 Å². The molecule has 0 bridgehead atoms. The lowest BCUT2D eigenvalue weighted by Gasteiger charge is -2.34. The van der Waals surface area contributed by atoms with Crippen molar-refractivity contribution in [3.05, 3.63) is 60.2 Å². The van der Waals surface area contributed by atoms with E-state index in [9.17, 15) is 4.79 Å². The highest BCUT2D eigenvalue weighted by Crippen LogP contribution is 2.32. The molecular formula is C25H33N5O2. The molecule has 32 heavy (non-hydrogen) atoms. The number of benzene rings is 2. The number of anilines is 1. The molecule has 3 fully saturated rings. The number of hydrogen-bond acceptors (Lipinski definition) is 6. The topological polar surface area (TPSA) is 68.9 Å². The number of piperazine rings is 1. The number of para-hydroxylation sites is 1. The lowest BCUT2D eigenvalue weighted by molar-refractivity contribution is 0.0889. The van der Waals surface area contributed by atoms with Crippen molar-refractivity contribution in [1.29, 1.82) is 0 Å². The van der Waals surface area contributed by atoms with Crippen molar-refractivity contribution >= 4 is 11.6 Å². The number of hydrazine groups is 1. The van der Waals surface area contributed by atoms with Gasteiger partial charge in [0.25, 0.3) is 5.91 Å². The van der Waals surface area contributed by atoms with Crippen LogP contribution in [0.25, 0.3) is 0 Å². The minimum atomic E-state index is -0.0671. The predicted octanol–water partition coefficient (Wildman–Crippen LogP) is 2.22. The smallest absolute Gasteiger partial charge is 0.252 e. The van der Waals surface area contributed by atoms with Gasteiger partial charge in [0.2, 0.25) is 0 Å². The molecule has 0 radical (unpaired) electrons. The lowest BCUT2D eigenvalue weighted by Crippen LogP contribution is -2.47. The molecule has 3 N–H and O–H groups in total. The fourth-order valence-corrected chi connectivity index (χ4v) is 5.08. The largest absolute Gasteiger partial charge is 0.490 e. The van der Waals surface area contributed by atoms with E-state index in [2.05, 4.69) is 45.1 Å². The maximum Gasteiger partial charge on any atom is 0.252 e. The molecule has 0 aromatic heterocycles. The third kappa shape index (κ3) is 4.75. The molecule has 3 aliphatic rings. The monoisotopic (exact) mass is 435 g/mol. The van der Waals surface area contributed by atoms with Crippen LogP contribution in [-0.4, -0.2) is 62.3 Å². The maximum absolute atomic E-state index is 12.9. The average Bonchev–Trinajstić information content (AvgIpc) is 3.22. The van der Waals surface area contributed by atoms with Crippen molar-refractivity contribution in [2.75, 3.05) is 38.1 Å². The summed E-state index contributed by atoms with van der Waals surface area (Å²) in [5.41, 5.74) is 8.57. The highest BCUT2D eigenvalue weighted by Gasteiger charge is 2.41. The van der Waals surface area contributed by atoms with E-state index < -0.39 is 0 Å². The van der Waals surface area contributed by atoms with Gasteiger partial charge in [-0.3, -0.25) is 10.2 Å². The second-order valence-electron chi connectivity index (χ2n) is 9.21. The van der Waals surface area contributed by atoms with Crippen LogP contribution < -0.4 is 25.8 Å². The molecule has 2 saturated heterocycles. The van der Waals surface area contributed by atoms with Crippen molar-refractivity contribution in [2.45, 2.75) is 37.6 Å². The summed E-state index contributed by atoms with van der Waals surface area (Å²) in [7, 11) is 2.16. The van der Waals surface area contributed by atoms with Gasteiger partial charge in [-0.15, -0.1) is 0 Å². The van der Waals surface area contributed by atoms with Gasteiger partial charge in [0, 0.05) is 55.8 Å². The molecule has 7 nitrogen and oxygen atoms in total. The Bertz CT molecular complexity index is 898. The number of ether oxygens (including phenoxy) is 1. The SMILES string of the molecule is CN1CCN(c2ccc(C(=O)NC3NNC4CC(Oc5ccccc5)CCC43)cc2)CC1. The van der Waals surface area contributed by atoms with Crippen LogP contribution in [0.5, 0.6) is 5.75 Å². The molecule has 2 aliphatic heterocycles. The number of rotatable bonds is 5. The Morgan fingerprint density at radius 1 is 0.969 bits per heavy atom. The van der Waals surface area contributed by atoms with E-state index in [0.717, 1.165) is 51.2 Å². The number of nitrogens with one attached hydrogen (secondary N) is 3. The van der Waals surface area contributed by atoms with Crippen molar-refractivity contribution in [2.24, 2.45) is 5.92 Å². The molecule has 5 rings (SSSR count). The lowest BCUT2D eigenvalue weighted by atomic mass is 9.82. The third-order valence-corrected chi connectivity index (χ3v) is 7.04. The minimum absolute atomic E-state index is 0.0301. The summed E-state index contributed by atoms with van der Waals surface area (Å²) in [5, 5.41) is 3.19. The predicted molar refractivity (Wildman–Crippen MR) is 126 cm³/mol. The van der Waals surface area contributed by atoms with E-state index in [1.807, 2.05) is 42.5 Å². The van der Waals surface area contributed by atoms with Gasteiger partial charge in [-0.05, 0) is 56.3 Å². The Balaban J connectivity index is 1.14.